The molecule has 9 atom stereocenters. The lowest BCUT2D eigenvalue weighted by Gasteiger charge is -2.58. The third kappa shape index (κ3) is 8.01. The van der Waals surface area contributed by atoms with Crippen molar-refractivity contribution in [2.24, 2.45) is 46.3 Å². The Labute approximate surface area is 322 Å². The number of alkyl halides is 2. The molecular formula is C46H55F2O5S+. The van der Waals surface area contributed by atoms with Crippen molar-refractivity contribution >= 4 is 34.2 Å². The van der Waals surface area contributed by atoms with Crippen LogP contribution in [0.25, 0.3) is 0 Å². The number of ether oxygens (including phenoxy) is 1. The average molecular weight is 758 g/mol. The van der Waals surface area contributed by atoms with E-state index in [1.54, 1.807) is 0 Å². The van der Waals surface area contributed by atoms with Gasteiger partial charge in [0.05, 0.1) is 10.9 Å². The summed E-state index contributed by atoms with van der Waals surface area (Å²) in [6.07, 6.45) is 3.24. The molecule has 0 heterocycles. The van der Waals surface area contributed by atoms with Crippen LogP contribution in [0.2, 0.25) is 0 Å². The average Bonchev–Trinajstić information content (AvgIpc) is 3.51. The van der Waals surface area contributed by atoms with E-state index in [0.29, 0.717) is 32.1 Å². The van der Waals surface area contributed by atoms with Gasteiger partial charge in [0.25, 0.3) is 5.92 Å². The van der Waals surface area contributed by atoms with Gasteiger partial charge >= 0.3 is 5.97 Å². The molecule has 3 aromatic rings. The van der Waals surface area contributed by atoms with Crippen LogP contribution in [0.4, 0.5) is 8.78 Å². The number of rotatable bonds is 9. The van der Waals surface area contributed by atoms with Crippen LogP contribution in [0.3, 0.4) is 0 Å². The van der Waals surface area contributed by atoms with Gasteiger partial charge in [0.1, 0.15) is 17.3 Å². The number of fused-ring (bicyclic) bond motifs is 5. The zero-order chi connectivity index (χ0) is 38.8. The first-order chi connectivity index (χ1) is 25.6. The van der Waals surface area contributed by atoms with E-state index in [4.69, 9.17) is 4.74 Å². The lowest BCUT2D eigenvalue weighted by atomic mass is 9.44. The number of ketones is 3. The second kappa shape index (κ2) is 16.2. The van der Waals surface area contributed by atoms with Gasteiger partial charge in [-0.15, -0.1) is 0 Å². The molecule has 0 N–H and O–H groups in total. The van der Waals surface area contributed by atoms with Crippen LogP contribution in [0.5, 0.6) is 0 Å². The van der Waals surface area contributed by atoms with E-state index in [2.05, 4.69) is 97.9 Å². The minimum Gasteiger partial charge on any atom is -0.456 e. The lowest BCUT2D eigenvalue weighted by Crippen LogP contribution is -2.60. The molecule has 0 amide bonds. The van der Waals surface area contributed by atoms with Crippen LogP contribution < -0.4 is 0 Å². The molecule has 54 heavy (non-hydrogen) atoms. The highest BCUT2D eigenvalue weighted by atomic mass is 32.2. The van der Waals surface area contributed by atoms with E-state index in [9.17, 15) is 28.0 Å². The van der Waals surface area contributed by atoms with E-state index in [-0.39, 0.29) is 75.6 Å². The number of Topliss-reactive ketones (excluding diaryl/α,β-unsaturated/α-hetero) is 3. The summed E-state index contributed by atoms with van der Waals surface area (Å²) in [5.41, 5.74) is -0.757. The molecule has 0 bridgehead atoms. The van der Waals surface area contributed by atoms with Crippen LogP contribution in [0.1, 0.15) is 92.4 Å². The Kier molecular flexibility index (Phi) is 12.0. The number of hydrogen-bond donors (Lipinski definition) is 0. The van der Waals surface area contributed by atoms with Crippen LogP contribution in [0, 0.1) is 46.3 Å². The molecule has 0 aliphatic heterocycles. The molecule has 0 aromatic heterocycles. The van der Waals surface area contributed by atoms with E-state index in [1.165, 1.54) is 21.6 Å². The van der Waals surface area contributed by atoms with Gasteiger partial charge < -0.3 is 4.74 Å². The number of carbonyl (C=O) groups excluding carboxylic acids is 4. The summed E-state index contributed by atoms with van der Waals surface area (Å²) in [5, 5.41) is 0. The molecule has 2 unspecified atom stereocenters. The fourth-order valence-electron chi connectivity index (χ4n) is 10.4. The first kappa shape index (κ1) is 40.0. The number of halogens is 2. The summed E-state index contributed by atoms with van der Waals surface area (Å²) in [7, 11) is -0.0146. The van der Waals surface area contributed by atoms with Crippen molar-refractivity contribution in [2.75, 3.05) is 0 Å². The quantitative estimate of drug-likeness (QED) is 0.160. The number of benzene rings is 3. The minimum atomic E-state index is -3.09. The number of esters is 1. The fourth-order valence-corrected chi connectivity index (χ4v) is 12.5. The molecule has 288 valence electrons. The molecule has 4 saturated carbocycles. The molecule has 3 aromatic carbocycles. The van der Waals surface area contributed by atoms with Crippen LogP contribution in [-0.2, 0) is 34.8 Å². The van der Waals surface area contributed by atoms with E-state index in [0.717, 1.165) is 26.2 Å². The van der Waals surface area contributed by atoms with Gasteiger partial charge in [-0.3, -0.25) is 19.2 Å². The van der Waals surface area contributed by atoms with Crippen molar-refractivity contribution in [2.45, 2.75) is 119 Å². The Bertz CT molecular complexity index is 1700. The summed E-state index contributed by atoms with van der Waals surface area (Å²) in [5.74, 6) is -3.07. The van der Waals surface area contributed by atoms with Crippen molar-refractivity contribution in [3.8, 4) is 0 Å². The van der Waals surface area contributed by atoms with Gasteiger partial charge in [0.15, 0.2) is 20.8 Å². The SMILES string of the molecule is CC(CCC(=O)OC(C)C(C)(F)F)[C@H]1CC[C@@H]2[C@H]3C(=O)C[C@@H]4CC(=O)CC[C@]4(C)[C@H]3CC(=O)[C@]12C.c1ccc([S+](c2ccccc2)c2ccccc2)cc1. The van der Waals surface area contributed by atoms with E-state index < -0.39 is 23.4 Å². The van der Waals surface area contributed by atoms with Gasteiger partial charge in [-0.1, -0.05) is 75.4 Å². The van der Waals surface area contributed by atoms with E-state index >= 15 is 0 Å². The van der Waals surface area contributed by atoms with E-state index in [1.807, 2.05) is 13.8 Å². The third-order valence-corrected chi connectivity index (χ3v) is 15.9. The second-order valence-corrected chi connectivity index (χ2v) is 18.8. The molecule has 0 saturated heterocycles. The normalized spacial score (nSPS) is 30.3. The molecule has 5 nitrogen and oxygen atoms in total. The van der Waals surface area contributed by atoms with Crippen molar-refractivity contribution in [1.82, 2.24) is 0 Å². The van der Waals surface area contributed by atoms with Crippen molar-refractivity contribution < 1.29 is 32.7 Å². The van der Waals surface area contributed by atoms with Gasteiger partial charge in [0.2, 0.25) is 0 Å². The number of carbonyl (C=O) groups is 4. The maximum atomic E-state index is 13.8. The Morgan fingerprint density at radius 1 is 0.815 bits per heavy atom. The first-order valence-corrected chi connectivity index (χ1v) is 20.9. The molecular weight excluding hydrogens is 703 g/mol. The molecule has 8 heteroatoms. The standard InChI is InChI=1S/C28H40F2O5.C18H15S/c1-15(6-9-24(34)35-16(2)28(5,29)30)19-7-8-20-25-21(14-23(33)27(19,20)4)26(3)11-10-18(31)12-17(26)13-22(25)32;1-4-10-16(11-5-1)19(17-12-6-2-7-13-17)18-14-8-3-9-15-18/h15-17,19-21,25H,6-14H2,1-5H3;1-15H/q;+1/t15?,16?,17-,19+,20+,21-,25+,26-,27+;/m0./s1. The van der Waals surface area contributed by atoms with Gasteiger partial charge in [-0.25, -0.2) is 8.78 Å². The Balaban J connectivity index is 0.000000219. The second-order valence-electron chi connectivity index (χ2n) is 16.8. The van der Waals surface area contributed by atoms with Crippen LogP contribution >= 0.6 is 0 Å². The Morgan fingerprint density at radius 2 is 1.35 bits per heavy atom. The third-order valence-electron chi connectivity index (χ3n) is 13.7. The highest BCUT2D eigenvalue weighted by Crippen LogP contribution is 2.66. The Hall–Kier alpha value is -3.65. The fraction of sp³-hybridized carbons (Fsp3) is 0.522. The van der Waals surface area contributed by atoms with Crippen LogP contribution in [0.15, 0.2) is 106 Å². The van der Waals surface area contributed by atoms with Gasteiger partial charge in [0, 0.05) is 50.4 Å². The molecule has 4 fully saturated rings. The maximum Gasteiger partial charge on any atom is 0.306 e. The topological polar surface area (TPSA) is 77.5 Å². The summed E-state index contributed by atoms with van der Waals surface area (Å²) in [6, 6.07) is 32.2. The molecule has 0 spiro atoms. The maximum absolute atomic E-state index is 13.8. The summed E-state index contributed by atoms with van der Waals surface area (Å²) in [4.78, 5) is 55.6. The zero-order valence-electron chi connectivity index (χ0n) is 32.3. The lowest BCUT2D eigenvalue weighted by molar-refractivity contribution is -0.168. The smallest absolute Gasteiger partial charge is 0.306 e. The monoisotopic (exact) mass is 757 g/mol. The molecule has 4 aliphatic rings. The molecule has 4 aliphatic carbocycles. The van der Waals surface area contributed by atoms with Crippen LogP contribution in [-0.4, -0.2) is 35.3 Å². The first-order valence-electron chi connectivity index (χ1n) is 19.7. The Morgan fingerprint density at radius 3 is 1.87 bits per heavy atom. The van der Waals surface area contributed by atoms with Crippen molar-refractivity contribution in [3.05, 3.63) is 91.0 Å². The predicted octanol–water partition coefficient (Wildman–Crippen LogP) is 10.4. The number of hydrogen-bond acceptors (Lipinski definition) is 5. The molecule has 7 rings (SSSR count). The molecule has 0 radical (unpaired) electrons. The highest BCUT2D eigenvalue weighted by Gasteiger charge is 2.66. The largest absolute Gasteiger partial charge is 0.456 e. The van der Waals surface area contributed by atoms with Gasteiger partial charge in [-0.05, 0) is 104 Å². The summed E-state index contributed by atoms with van der Waals surface area (Å²) >= 11 is 0. The predicted molar refractivity (Wildman–Crippen MR) is 207 cm³/mol. The minimum absolute atomic E-state index is 0.00476. The summed E-state index contributed by atoms with van der Waals surface area (Å²) in [6.45, 7) is 8.17. The van der Waals surface area contributed by atoms with Crippen molar-refractivity contribution in [1.29, 1.82) is 0 Å². The summed E-state index contributed by atoms with van der Waals surface area (Å²) < 4.78 is 31.6. The van der Waals surface area contributed by atoms with Gasteiger partial charge in [-0.2, -0.15) is 0 Å². The highest BCUT2D eigenvalue weighted by molar-refractivity contribution is 7.97. The van der Waals surface area contributed by atoms with Crippen molar-refractivity contribution in [3.63, 3.8) is 0 Å². The zero-order valence-corrected chi connectivity index (χ0v) is 33.1.